The fourth-order valence-corrected chi connectivity index (χ4v) is 4.07. The van der Waals surface area contributed by atoms with Crippen molar-refractivity contribution in [3.63, 3.8) is 0 Å². The molecular formula is H14NaO17P7. The molecule has 9 N–H and O–H groups in total. The van der Waals surface area contributed by atoms with Gasteiger partial charge in [0, 0.05) is 0 Å². The van der Waals surface area contributed by atoms with Crippen LogP contribution in [0.15, 0.2) is 0 Å². The summed E-state index contributed by atoms with van der Waals surface area (Å²) < 4.78 is 58.6. The quantitative estimate of drug-likeness (QED) is 0.119. The predicted molar refractivity (Wildman–Crippen MR) is 81.8 cm³/mol. The summed E-state index contributed by atoms with van der Waals surface area (Å²) in [7, 11) is -21.6. The van der Waals surface area contributed by atoms with Gasteiger partial charge in [0.1, 0.15) is 0 Å². The Bertz CT molecular complexity index is 538. The first-order valence-electron chi connectivity index (χ1n) is 4.14. The molecule has 0 fully saturated rings. The van der Waals surface area contributed by atoms with Crippen LogP contribution in [0.2, 0.25) is 0 Å². The molecule has 0 aromatic carbocycles. The first-order chi connectivity index (χ1) is 10.1. The van der Waals surface area contributed by atoms with Crippen LogP contribution < -0.4 is 29.6 Å². The Morgan fingerprint density at radius 3 is 0.760 bits per heavy atom. The van der Waals surface area contributed by atoms with E-state index in [4.69, 9.17) is 44.0 Å². The van der Waals surface area contributed by atoms with Gasteiger partial charge in [0.2, 0.25) is 0 Å². The molecule has 0 aliphatic carbocycles. The van der Waals surface area contributed by atoms with E-state index in [-0.39, 0.29) is 31.0 Å². The molecule has 0 spiro atoms. The van der Waals surface area contributed by atoms with E-state index >= 15 is 0 Å². The molecule has 0 amide bonds. The van der Waals surface area contributed by atoms with Crippen LogP contribution in [0, 0.1) is 0 Å². The Balaban J connectivity index is -0.000000100. The minimum atomic E-state index is -5.46. The second kappa shape index (κ2) is 13.7. The van der Waals surface area contributed by atoms with Crippen LogP contribution in [0.3, 0.4) is 0 Å². The van der Waals surface area contributed by atoms with Crippen LogP contribution >= 0.6 is 57.0 Å². The van der Waals surface area contributed by atoms with E-state index < -0.39 is 39.1 Å². The zero-order valence-corrected chi connectivity index (χ0v) is 20.5. The van der Waals surface area contributed by atoms with Crippen LogP contribution in [0.25, 0.3) is 0 Å². The Labute approximate surface area is 167 Å². The van der Waals surface area contributed by atoms with E-state index in [9.17, 15) is 22.8 Å². The van der Waals surface area contributed by atoms with Gasteiger partial charge in [0.05, 0.1) is 0 Å². The Morgan fingerprint density at radius 2 is 0.680 bits per heavy atom. The minimum absolute atomic E-state index is 0. The van der Waals surface area contributed by atoms with Crippen LogP contribution in [0.4, 0.5) is 0 Å². The molecule has 0 aromatic rings. The molecule has 2 atom stereocenters. The monoisotopic (exact) mass is 526 g/mol. The summed E-state index contributed by atoms with van der Waals surface area (Å²) in [6, 6.07) is 0. The van der Waals surface area contributed by atoms with E-state index in [1.165, 1.54) is 0 Å². The maximum absolute atomic E-state index is 10.4. The van der Waals surface area contributed by atoms with Gasteiger partial charge in [-0.05, 0) is 0 Å². The van der Waals surface area contributed by atoms with Gasteiger partial charge in [-0.15, -0.1) is 17.9 Å². The third kappa shape index (κ3) is 37.9. The topological polar surface area (TPSA) is 295 Å². The van der Waals surface area contributed by atoms with Gasteiger partial charge in [0.25, 0.3) is 0 Å². The maximum Gasteiger partial charge on any atom is 1.00 e. The molecule has 25 heteroatoms. The number of hydrogen-bond donors (Lipinski definition) is 9. The molecule has 2 unspecified atom stereocenters. The number of rotatable bonds is 6. The largest absolute Gasteiger partial charge is 1.00 e. The van der Waals surface area contributed by atoms with Gasteiger partial charge in [0.15, 0.2) is 0 Å². The molecule has 0 aliphatic rings. The van der Waals surface area contributed by atoms with Crippen molar-refractivity contribution in [1.82, 2.24) is 0 Å². The summed E-state index contributed by atoms with van der Waals surface area (Å²) in [5.41, 5.74) is 0. The second-order valence-corrected chi connectivity index (χ2v) is 9.50. The predicted octanol–water partition coefficient (Wildman–Crippen LogP) is -3.74. The summed E-state index contributed by atoms with van der Waals surface area (Å²) in [6.07, 6.45) is 0. The van der Waals surface area contributed by atoms with Crippen molar-refractivity contribution in [2.24, 2.45) is 0 Å². The van der Waals surface area contributed by atoms with Crippen molar-refractivity contribution in [2.75, 3.05) is 0 Å². The van der Waals surface area contributed by atoms with Crippen molar-refractivity contribution >= 4 is 57.0 Å². The van der Waals surface area contributed by atoms with E-state index in [2.05, 4.69) is 30.8 Å². The van der Waals surface area contributed by atoms with E-state index in [0.717, 1.165) is 0 Å². The average Bonchev–Trinajstić information content (AvgIpc) is 2.06. The van der Waals surface area contributed by atoms with Crippen LogP contribution in [0.5, 0.6) is 0 Å². The zero-order valence-electron chi connectivity index (χ0n) is 12.7. The van der Waals surface area contributed by atoms with Crippen molar-refractivity contribution < 1.29 is 111 Å². The second-order valence-electron chi connectivity index (χ2n) is 2.68. The normalized spacial score (nSPS) is 12.8. The van der Waals surface area contributed by atoms with E-state index in [0.29, 0.717) is 0 Å². The molecule has 0 radical (unpaired) electrons. The molecule has 0 saturated heterocycles. The van der Waals surface area contributed by atoms with Crippen LogP contribution in [-0.2, 0) is 35.8 Å². The molecule has 25 heavy (non-hydrogen) atoms. The van der Waals surface area contributed by atoms with Crippen molar-refractivity contribution in [2.45, 2.75) is 0 Å². The minimum Gasteiger partial charge on any atom is -1.00 e. The third-order valence-corrected chi connectivity index (χ3v) is 5.69. The molecule has 0 bridgehead atoms. The van der Waals surface area contributed by atoms with Gasteiger partial charge in [-0.2, -0.15) is 12.9 Å². The van der Waals surface area contributed by atoms with Crippen molar-refractivity contribution in [3.05, 3.63) is 0 Å². The summed E-state index contributed by atoms with van der Waals surface area (Å²) in [5.74, 6) is 0. The van der Waals surface area contributed by atoms with E-state index in [1.54, 1.807) is 0 Å². The van der Waals surface area contributed by atoms with Crippen molar-refractivity contribution in [1.29, 1.82) is 0 Å². The Hall–Kier alpha value is 2.53. The molecular weight excluding hydrogens is 512 g/mol. The zero-order chi connectivity index (χ0) is 20.6. The van der Waals surface area contributed by atoms with Crippen LogP contribution in [-0.4, -0.2) is 44.0 Å². The Kier molecular flexibility index (Phi) is 19.2. The van der Waals surface area contributed by atoms with Crippen LogP contribution in [0.1, 0.15) is 1.43 Å². The van der Waals surface area contributed by atoms with Crippen molar-refractivity contribution in [3.8, 4) is 0 Å². The fraction of sp³-hybridized carbons (Fsp3) is 0. The summed E-state index contributed by atoms with van der Waals surface area (Å²) in [6.45, 7) is 0. The number of hydrogen-bond acceptors (Lipinski definition) is 8. The summed E-state index contributed by atoms with van der Waals surface area (Å²) >= 11 is 0. The molecule has 17 nitrogen and oxygen atoms in total. The Morgan fingerprint density at radius 1 is 0.520 bits per heavy atom. The SMILES string of the molecule is O=P(O)(O)OP(=O)(O)O.O=P(O)(O)OP(=O)(O)OP(=O)(O)O.PP.[H-].[Na+]. The van der Waals surface area contributed by atoms with Gasteiger partial charge in [-0.1, -0.05) is 0 Å². The van der Waals surface area contributed by atoms with Gasteiger partial charge in [-0.3, -0.25) is 0 Å². The summed E-state index contributed by atoms with van der Waals surface area (Å²) in [4.78, 5) is 71.2. The van der Waals surface area contributed by atoms with E-state index in [1.807, 2.05) is 0 Å². The third-order valence-electron chi connectivity index (χ3n) is 0.632. The average molecular weight is 526 g/mol. The first-order valence-corrected chi connectivity index (χ1v) is 14.4. The maximum atomic E-state index is 10.4. The molecule has 0 aromatic heterocycles. The smallest absolute Gasteiger partial charge is 1.00 e. The molecule has 0 rings (SSSR count). The molecule has 0 aliphatic heterocycles. The standard InChI is InChI=1S/Na.H5O10P3.H4O7P2.H4P2.H/c;1-11(2,3)9-13(7,8)10-12(4,5)6;1-8(2,3)7-9(4,5)6;1-2;/h;(H,7,8)(H2,1,2,3)(H2,4,5,6);(H2,1,2,3)(H2,4,5,6);1-2H2;/q+1;;;;-1. The summed E-state index contributed by atoms with van der Waals surface area (Å²) in [5, 5.41) is 0. The molecule has 152 valence electrons. The van der Waals surface area contributed by atoms with Gasteiger partial charge >= 0.3 is 68.7 Å². The molecule has 0 heterocycles. The van der Waals surface area contributed by atoms with Gasteiger partial charge in [-0.25, -0.2) is 22.8 Å². The van der Waals surface area contributed by atoms with Gasteiger partial charge < -0.3 is 45.5 Å². The number of phosphoric acid groups is 5. The fourth-order valence-electron chi connectivity index (χ4n) is 0.422. The molecule has 0 saturated carbocycles. The first kappa shape index (κ1) is 35.0.